The Hall–Kier alpha value is 0.350. The first-order chi connectivity index (χ1) is 5.91. The van der Waals surface area contributed by atoms with Gasteiger partial charge in [0.05, 0.1) is 6.61 Å². The van der Waals surface area contributed by atoms with Crippen LogP contribution in [-0.2, 0) is 4.74 Å². The second kappa shape index (κ2) is 3.84. The second-order valence-corrected chi connectivity index (χ2v) is 3.76. The Morgan fingerprint density at radius 2 is 2.00 bits per heavy atom. The molecule has 0 radical (unpaired) electrons. The van der Waals surface area contributed by atoms with Gasteiger partial charge in [-0.3, -0.25) is 0 Å². The van der Waals surface area contributed by atoms with Gasteiger partial charge in [0, 0.05) is 0 Å². The smallest absolute Gasteiger partial charge is 0.251 e. The van der Waals surface area contributed by atoms with Crippen molar-refractivity contribution >= 4 is 23.2 Å². The number of hydrogen-bond donors (Lipinski definition) is 3. The summed E-state index contributed by atoms with van der Waals surface area (Å²) in [7, 11) is 0. The molecule has 0 aromatic carbocycles. The molecule has 7 heteroatoms. The van der Waals surface area contributed by atoms with Gasteiger partial charge in [0.1, 0.15) is 18.3 Å². The number of hydrogen-bond acceptors (Lipinski definition) is 4. The van der Waals surface area contributed by atoms with Gasteiger partial charge < -0.3 is 20.1 Å². The van der Waals surface area contributed by atoms with E-state index < -0.39 is 35.6 Å². The van der Waals surface area contributed by atoms with Gasteiger partial charge in [-0.15, -0.1) is 0 Å². The summed E-state index contributed by atoms with van der Waals surface area (Å²) in [5, 5.41) is 24.2. The average Bonchev–Trinajstić information content (AvgIpc) is 2.09. The highest BCUT2D eigenvalue weighted by atomic mass is 35.5. The summed E-state index contributed by atoms with van der Waals surface area (Å²) in [6, 6.07) is 0. The molecule has 0 amide bonds. The van der Waals surface area contributed by atoms with Gasteiger partial charge in [-0.1, -0.05) is 23.2 Å². The molecule has 0 unspecified atom stereocenters. The number of ether oxygens (including phenoxy) is 1. The number of halogens is 3. The van der Waals surface area contributed by atoms with Crippen molar-refractivity contribution in [1.82, 2.24) is 0 Å². The first kappa shape index (κ1) is 11.4. The minimum atomic E-state index is -2.74. The van der Waals surface area contributed by atoms with Gasteiger partial charge >= 0.3 is 0 Å². The molecule has 1 rings (SSSR count). The topological polar surface area (TPSA) is 69.9 Å². The highest BCUT2D eigenvalue weighted by molar-refractivity contribution is 6.31. The van der Waals surface area contributed by atoms with Crippen LogP contribution in [0.3, 0.4) is 0 Å². The summed E-state index contributed by atoms with van der Waals surface area (Å²) >= 11 is 10.5. The SMILES string of the molecule is OC[C@H]1O[C@H](Cl)[C@](F)(Cl)[C@@H](O)[C@@H]1O. The van der Waals surface area contributed by atoms with Crippen LogP contribution in [-0.4, -0.2) is 50.9 Å². The van der Waals surface area contributed by atoms with Gasteiger partial charge in [0.15, 0.2) is 5.56 Å². The Kier molecular flexibility index (Phi) is 3.38. The lowest BCUT2D eigenvalue weighted by Gasteiger charge is -2.40. The van der Waals surface area contributed by atoms with Crippen molar-refractivity contribution in [2.24, 2.45) is 0 Å². The largest absolute Gasteiger partial charge is 0.394 e. The van der Waals surface area contributed by atoms with Crippen LogP contribution < -0.4 is 0 Å². The Bertz CT molecular complexity index is 191. The summed E-state index contributed by atoms with van der Waals surface area (Å²) < 4.78 is 17.9. The zero-order valence-corrected chi connectivity index (χ0v) is 7.91. The van der Waals surface area contributed by atoms with Crippen molar-refractivity contribution in [2.75, 3.05) is 6.61 Å². The molecule has 1 saturated heterocycles. The standard InChI is InChI=1S/C6H9Cl2FO4/c7-5-6(8,9)4(12)3(11)2(1-10)13-5/h2-5,10-12H,1H2/t2-,3-,4+,5+,6+/m1/s1. The van der Waals surface area contributed by atoms with Crippen molar-refractivity contribution < 1.29 is 24.4 Å². The highest BCUT2D eigenvalue weighted by Gasteiger charge is 2.54. The molecule has 1 fully saturated rings. The van der Waals surface area contributed by atoms with Crippen LogP contribution in [0, 0.1) is 0 Å². The lowest BCUT2D eigenvalue weighted by atomic mass is 10.0. The van der Waals surface area contributed by atoms with E-state index in [0.717, 1.165) is 0 Å². The fraction of sp³-hybridized carbons (Fsp3) is 1.00. The molecule has 13 heavy (non-hydrogen) atoms. The third-order valence-corrected chi connectivity index (χ3v) is 2.83. The van der Waals surface area contributed by atoms with Crippen LogP contribution in [0.2, 0.25) is 0 Å². The van der Waals surface area contributed by atoms with Gasteiger partial charge in [-0.25, -0.2) is 4.39 Å². The molecule has 0 saturated carbocycles. The molecular formula is C6H9Cl2FO4. The Balaban J connectivity index is 2.79. The molecule has 1 aliphatic heterocycles. The highest BCUT2D eigenvalue weighted by Crippen LogP contribution is 2.38. The first-order valence-corrected chi connectivity index (χ1v) is 4.37. The van der Waals surface area contributed by atoms with E-state index in [2.05, 4.69) is 4.74 Å². The van der Waals surface area contributed by atoms with Crippen LogP contribution >= 0.6 is 23.2 Å². The summed E-state index contributed by atoms with van der Waals surface area (Å²) in [6.45, 7) is -0.575. The molecule has 0 aliphatic carbocycles. The maximum absolute atomic E-state index is 13.2. The molecule has 0 aromatic rings. The number of aliphatic hydroxyl groups is 3. The van der Waals surface area contributed by atoms with Gasteiger partial charge in [-0.05, 0) is 0 Å². The normalized spacial score (nSPS) is 52.2. The van der Waals surface area contributed by atoms with Gasteiger partial charge in [0.25, 0.3) is 5.13 Å². The third-order valence-electron chi connectivity index (χ3n) is 1.88. The van der Waals surface area contributed by atoms with Crippen molar-refractivity contribution in [3.05, 3.63) is 0 Å². The first-order valence-electron chi connectivity index (χ1n) is 3.55. The van der Waals surface area contributed by atoms with Gasteiger partial charge in [0.2, 0.25) is 0 Å². The monoisotopic (exact) mass is 234 g/mol. The van der Waals surface area contributed by atoms with E-state index in [1.54, 1.807) is 0 Å². The number of rotatable bonds is 1. The molecular weight excluding hydrogens is 226 g/mol. The van der Waals surface area contributed by atoms with E-state index in [1.165, 1.54) is 0 Å². The minimum absolute atomic E-state index is 0.575. The maximum atomic E-state index is 13.2. The fourth-order valence-electron chi connectivity index (χ4n) is 1.04. The molecule has 3 N–H and O–H groups in total. The van der Waals surface area contributed by atoms with Crippen molar-refractivity contribution in [2.45, 2.75) is 29.0 Å². The lowest BCUT2D eigenvalue weighted by molar-refractivity contribution is -0.203. The van der Waals surface area contributed by atoms with Crippen molar-refractivity contribution in [3.63, 3.8) is 0 Å². The van der Waals surface area contributed by atoms with Crippen LogP contribution in [0.25, 0.3) is 0 Å². The lowest BCUT2D eigenvalue weighted by Crippen LogP contribution is -2.60. The molecule has 4 nitrogen and oxygen atoms in total. The summed E-state index contributed by atoms with van der Waals surface area (Å²) in [5.74, 6) is 0. The predicted molar refractivity (Wildman–Crippen MR) is 43.3 cm³/mol. The van der Waals surface area contributed by atoms with Crippen molar-refractivity contribution in [3.8, 4) is 0 Å². The average molecular weight is 235 g/mol. The molecule has 0 bridgehead atoms. The summed E-state index contributed by atoms with van der Waals surface area (Å²) in [4.78, 5) is 0. The third kappa shape index (κ3) is 1.91. The van der Waals surface area contributed by atoms with E-state index in [0.29, 0.717) is 0 Å². The van der Waals surface area contributed by atoms with E-state index >= 15 is 0 Å². The molecule has 1 aliphatic rings. The van der Waals surface area contributed by atoms with Crippen LogP contribution in [0.15, 0.2) is 0 Å². The summed E-state index contributed by atoms with van der Waals surface area (Å²) in [6.07, 6.45) is -4.61. The quantitative estimate of drug-likeness (QED) is 0.539. The molecule has 78 valence electrons. The molecule has 1 heterocycles. The zero-order valence-electron chi connectivity index (χ0n) is 6.40. The Morgan fingerprint density at radius 1 is 1.46 bits per heavy atom. The number of aliphatic hydroxyl groups excluding tert-OH is 3. The molecule has 0 spiro atoms. The fourth-order valence-corrected chi connectivity index (χ4v) is 1.48. The zero-order chi connectivity index (χ0) is 10.2. The molecule has 0 aromatic heterocycles. The van der Waals surface area contributed by atoms with Gasteiger partial charge in [-0.2, -0.15) is 0 Å². The Labute approximate surface area is 83.8 Å². The van der Waals surface area contributed by atoms with Crippen LogP contribution in [0.4, 0.5) is 4.39 Å². The summed E-state index contributed by atoms with van der Waals surface area (Å²) in [5.41, 5.74) is -1.61. The van der Waals surface area contributed by atoms with Crippen LogP contribution in [0.5, 0.6) is 0 Å². The van der Waals surface area contributed by atoms with E-state index in [1.807, 2.05) is 0 Å². The van der Waals surface area contributed by atoms with E-state index in [9.17, 15) is 9.50 Å². The number of alkyl halides is 3. The second-order valence-electron chi connectivity index (χ2n) is 2.78. The minimum Gasteiger partial charge on any atom is -0.394 e. The van der Waals surface area contributed by atoms with Crippen molar-refractivity contribution in [1.29, 1.82) is 0 Å². The predicted octanol–water partition coefficient (Wildman–Crippen LogP) is -0.431. The van der Waals surface area contributed by atoms with E-state index in [4.69, 9.17) is 33.4 Å². The maximum Gasteiger partial charge on any atom is 0.251 e. The Morgan fingerprint density at radius 3 is 2.46 bits per heavy atom. The van der Waals surface area contributed by atoms with Crippen LogP contribution in [0.1, 0.15) is 0 Å². The van der Waals surface area contributed by atoms with E-state index in [-0.39, 0.29) is 0 Å². The molecule has 5 atom stereocenters.